The summed E-state index contributed by atoms with van der Waals surface area (Å²) in [6.45, 7) is 5.57. The molecule has 0 radical (unpaired) electrons. The van der Waals surface area contributed by atoms with Crippen molar-refractivity contribution in [2.45, 2.75) is 25.8 Å². The van der Waals surface area contributed by atoms with Gasteiger partial charge in [0, 0.05) is 11.1 Å². The Kier molecular flexibility index (Phi) is 4.84. The second kappa shape index (κ2) is 6.39. The molecule has 0 aliphatic carbocycles. The van der Waals surface area contributed by atoms with Crippen molar-refractivity contribution in [2.75, 3.05) is 19.6 Å². The fourth-order valence-corrected chi connectivity index (χ4v) is 2.68. The van der Waals surface area contributed by atoms with Crippen LogP contribution in [0.2, 0.25) is 5.02 Å². The van der Waals surface area contributed by atoms with Crippen LogP contribution in [-0.2, 0) is 0 Å². The van der Waals surface area contributed by atoms with Gasteiger partial charge in [0.1, 0.15) is 0 Å². The maximum Gasteiger partial charge on any atom is 0.0453 e. The van der Waals surface area contributed by atoms with Gasteiger partial charge in [0.15, 0.2) is 0 Å². The van der Waals surface area contributed by atoms with Crippen LogP contribution in [0, 0.1) is 5.92 Å². The van der Waals surface area contributed by atoms with E-state index in [1.54, 1.807) is 0 Å². The predicted molar refractivity (Wildman–Crippen MR) is 73.5 cm³/mol. The summed E-state index contributed by atoms with van der Waals surface area (Å²) in [5, 5.41) is 7.88. The summed E-state index contributed by atoms with van der Waals surface area (Å²) in [4.78, 5) is 0. The number of hydrogen-bond donors (Lipinski definition) is 2. The number of hydrogen-bond acceptors (Lipinski definition) is 2. The molecule has 1 heterocycles. The highest BCUT2D eigenvalue weighted by Gasteiger charge is 2.15. The normalized spacial score (nSPS) is 22.4. The fourth-order valence-electron chi connectivity index (χ4n) is 2.38. The van der Waals surface area contributed by atoms with Gasteiger partial charge in [0.25, 0.3) is 0 Å². The molecule has 1 aromatic rings. The third-order valence-electron chi connectivity index (χ3n) is 3.48. The number of nitrogens with one attached hydrogen (secondary N) is 2. The van der Waals surface area contributed by atoms with Crippen LogP contribution in [0.15, 0.2) is 24.3 Å². The highest BCUT2D eigenvalue weighted by Crippen LogP contribution is 2.22. The SMILES string of the molecule is CC(NCC1CCCNC1)c1ccccc1Cl. The Labute approximate surface area is 109 Å². The third-order valence-corrected chi connectivity index (χ3v) is 3.83. The molecule has 1 aliphatic rings. The van der Waals surface area contributed by atoms with E-state index in [1.807, 2.05) is 18.2 Å². The second-order valence-electron chi connectivity index (χ2n) is 4.86. The van der Waals surface area contributed by atoms with Crippen molar-refractivity contribution in [3.63, 3.8) is 0 Å². The van der Waals surface area contributed by atoms with Crippen molar-refractivity contribution in [3.8, 4) is 0 Å². The van der Waals surface area contributed by atoms with Crippen LogP contribution < -0.4 is 10.6 Å². The molecule has 0 amide bonds. The van der Waals surface area contributed by atoms with Gasteiger partial charge < -0.3 is 10.6 Å². The Morgan fingerprint density at radius 1 is 1.47 bits per heavy atom. The average Bonchev–Trinajstić information content (AvgIpc) is 2.38. The molecule has 2 unspecified atom stereocenters. The van der Waals surface area contributed by atoms with Gasteiger partial charge in [-0.05, 0) is 56.9 Å². The van der Waals surface area contributed by atoms with E-state index in [0.717, 1.165) is 24.0 Å². The van der Waals surface area contributed by atoms with Crippen LogP contribution in [0.25, 0.3) is 0 Å². The lowest BCUT2D eigenvalue weighted by Gasteiger charge is -2.25. The first kappa shape index (κ1) is 12.9. The summed E-state index contributed by atoms with van der Waals surface area (Å²) in [5.74, 6) is 0.758. The highest BCUT2D eigenvalue weighted by molar-refractivity contribution is 6.31. The first-order valence-electron chi connectivity index (χ1n) is 6.46. The van der Waals surface area contributed by atoms with Gasteiger partial charge in [0.2, 0.25) is 0 Å². The third kappa shape index (κ3) is 3.70. The van der Waals surface area contributed by atoms with Gasteiger partial charge in [-0.15, -0.1) is 0 Å². The summed E-state index contributed by atoms with van der Waals surface area (Å²) < 4.78 is 0. The topological polar surface area (TPSA) is 24.1 Å². The monoisotopic (exact) mass is 252 g/mol. The van der Waals surface area contributed by atoms with E-state index in [9.17, 15) is 0 Å². The number of rotatable bonds is 4. The molecule has 1 saturated heterocycles. The molecule has 94 valence electrons. The van der Waals surface area contributed by atoms with Gasteiger partial charge in [-0.25, -0.2) is 0 Å². The molecule has 2 nitrogen and oxygen atoms in total. The Morgan fingerprint density at radius 3 is 3.00 bits per heavy atom. The molecule has 0 saturated carbocycles. The van der Waals surface area contributed by atoms with Crippen LogP contribution >= 0.6 is 11.6 Å². The quantitative estimate of drug-likeness (QED) is 0.861. The molecule has 3 heteroatoms. The Bertz CT molecular complexity index is 348. The zero-order valence-corrected chi connectivity index (χ0v) is 11.1. The molecule has 2 N–H and O–H groups in total. The minimum Gasteiger partial charge on any atom is -0.316 e. The van der Waals surface area contributed by atoms with E-state index in [0.29, 0.717) is 6.04 Å². The molecule has 2 atom stereocenters. The van der Waals surface area contributed by atoms with Crippen molar-refractivity contribution < 1.29 is 0 Å². The lowest BCUT2D eigenvalue weighted by molar-refractivity contribution is 0.348. The van der Waals surface area contributed by atoms with Crippen LogP contribution in [0.5, 0.6) is 0 Å². The first-order valence-corrected chi connectivity index (χ1v) is 6.83. The van der Waals surface area contributed by atoms with Crippen LogP contribution in [0.4, 0.5) is 0 Å². The van der Waals surface area contributed by atoms with Crippen LogP contribution in [0.3, 0.4) is 0 Å². The van der Waals surface area contributed by atoms with Crippen molar-refractivity contribution in [1.82, 2.24) is 10.6 Å². The largest absolute Gasteiger partial charge is 0.316 e. The van der Waals surface area contributed by atoms with E-state index < -0.39 is 0 Å². The Balaban J connectivity index is 1.84. The van der Waals surface area contributed by atoms with Crippen molar-refractivity contribution in [2.24, 2.45) is 5.92 Å². The second-order valence-corrected chi connectivity index (χ2v) is 5.27. The van der Waals surface area contributed by atoms with Crippen LogP contribution in [0.1, 0.15) is 31.4 Å². The summed E-state index contributed by atoms with van der Waals surface area (Å²) in [6.07, 6.45) is 2.63. The molecule has 17 heavy (non-hydrogen) atoms. The fraction of sp³-hybridized carbons (Fsp3) is 0.571. The van der Waals surface area contributed by atoms with Gasteiger partial charge in [-0.1, -0.05) is 29.8 Å². The predicted octanol–water partition coefficient (Wildman–Crippen LogP) is 2.99. The molecule has 0 spiro atoms. The van der Waals surface area contributed by atoms with Crippen molar-refractivity contribution >= 4 is 11.6 Å². The summed E-state index contributed by atoms with van der Waals surface area (Å²) in [6, 6.07) is 8.40. The minimum atomic E-state index is 0.325. The molecular formula is C14H21ClN2. The summed E-state index contributed by atoms with van der Waals surface area (Å²) in [7, 11) is 0. The Hall–Kier alpha value is -0.570. The van der Waals surface area contributed by atoms with E-state index in [2.05, 4.69) is 23.6 Å². The minimum absolute atomic E-state index is 0.325. The van der Waals surface area contributed by atoms with E-state index >= 15 is 0 Å². The highest BCUT2D eigenvalue weighted by atomic mass is 35.5. The molecular weight excluding hydrogens is 232 g/mol. The molecule has 1 aromatic carbocycles. The standard InChI is InChI=1S/C14H21ClN2/c1-11(13-6-2-3-7-14(13)15)17-10-12-5-4-8-16-9-12/h2-3,6-7,11-12,16-17H,4-5,8-10H2,1H3. The molecule has 1 fully saturated rings. The molecule has 0 aromatic heterocycles. The average molecular weight is 253 g/mol. The lowest BCUT2D eigenvalue weighted by Crippen LogP contribution is -2.36. The zero-order chi connectivity index (χ0) is 12.1. The van der Waals surface area contributed by atoms with Crippen molar-refractivity contribution in [1.29, 1.82) is 0 Å². The molecule has 2 rings (SSSR count). The van der Waals surface area contributed by atoms with Gasteiger partial charge in [0.05, 0.1) is 0 Å². The van der Waals surface area contributed by atoms with Gasteiger partial charge in [-0.2, -0.15) is 0 Å². The number of piperidine rings is 1. The van der Waals surface area contributed by atoms with Gasteiger partial charge >= 0.3 is 0 Å². The van der Waals surface area contributed by atoms with E-state index in [1.165, 1.54) is 24.9 Å². The summed E-state index contributed by atoms with van der Waals surface area (Å²) in [5.41, 5.74) is 1.19. The first-order chi connectivity index (χ1) is 8.27. The van der Waals surface area contributed by atoms with E-state index in [4.69, 9.17) is 11.6 Å². The van der Waals surface area contributed by atoms with Crippen molar-refractivity contribution in [3.05, 3.63) is 34.9 Å². The summed E-state index contributed by atoms with van der Waals surface area (Å²) >= 11 is 6.19. The Morgan fingerprint density at radius 2 is 2.29 bits per heavy atom. The molecule has 1 aliphatic heterocycles. The number of benzene rings is 1. The van der Waals surface area contributed by atoms with Gasteiger partial charge in [-0.3, -0.25) is 0 Å². The maximum atomic E-state index is 6.19. The maximum absolute atomic E-state index is 6.19. The smallest absolute Gasteiger partial charge is 0.0453 e. The zero-order valence-electron chi connectivity index (χ0n) is 10.4. The lowest BCUT2D eigenvalue weighted by atomic mass is 9.99. The molecule has 0 bridgehead atoms. The van der Waals surface area contributed by atoms with Crippen LogP contribution in [-0.4, -0.2) is 19.6 Å². The van der Waals surface area contributed by atoms with E-state index in [-0.39, 0.29) is 0 Å². The number of halogens is 1.